The molecule has 0 aliphatic rings. The van der Waals surface area contributed by atoms with Gasteiger partial charge in [0.1, 0.15) is 0 Å². The zero-order valence-corrected chi connectivity index (χ0v) is 11.0. The average Bonchev–Trinajstić information content (AvgIpc) is 1.97. The SMILES string of the molecule is [CH2-]C=CCC=CCCCC.[K+]. The Hall–Kier alpha value is 0.986. The average molecular weight is 176 g/mol. The van der Waals surface area contributed by atoms with Crippen molar-refractivity contribution in [2.45, 2.75) is 32.6 Å². The first-order valence-electron chi connectivity index (χ1n) is 4.01. The molecule has 0 aromatic heterocycles. The molecule has 0 radical (unpaired) electrons. The Morgan fingerprint density at radius 1 is 1.18 bits per heavy atom. The Labute approximate surface area is 114 Å². The van der Waals surface area contributed by atoms with E-state index in [1.165, 1.54) is 19.3 Å². The monoisotopic (exact) mass is 176 g/mol. The van der Waals surface area contributed by atoms with Gasteiger partial charge in [-0.1, -0.05) is 32.3 Å². The predicted molar refractivity (Wildman–Crippen MR) is 47.8 cm³/mol. The van der Waals surface area contributed by atoms with Crippen LogP contribution in [0.3, 0.4) is 0 Å². The van der Waals surface area contributed by atoms with Crippen molar-refractivity contribution >= 4 is 0 Å². The van der Waals surface area contributed by atoms with Gasteiger partial charge in [-0.25, -0.2) is 19.1 Å². The number of allylic oxidation sites excluding steroid dienone is 4. The van der Waals surface area contributed by atoms with Gasteiger partial charge >= 0.3 is 51.4 Å². The molecule has 0 aromatic rings. The second-order valence-electron chi connectivity index (χ2n) is 2.32. The van der Waals surface area contributed by atoms with Gasteiger partial charge in [0.2, 0.25) is 0 Å². The van der Waals surface area contributed by atoms with Crippen LogP contribution in [-0.2, 0) is 0 Å². The van der Waals surface area contributed by atoms with Crippen LogP contribution in [0.4, 0.5) is 0 Å². The molecule has 1 heteroatoms. The van der Waals surface area contributed by atoms with E-state index in [4.69, 9.17) is 0 Å². The van der Waals surface area contributed by atoms with Crippen molar-refractivity contribution in [1.29, 1.82) is 0 Å². The summed E-state index contributed by atoms with van der Waals surface area (Å²) < 4.78 is 0. The molecule has 0 spiro atoms. The van der Waals surface area contributed by atoms with Gasteiger partial charge in [-0.05, 0) is 6.42 Å². The third-order valence-corrected chi connectivity index (χ3v) is 1.33. The van der Waals surface area contributed by atoms with Crippen molar-refractivity contribution in [2.75, 3.05) is 0 Å². The van der Waals surface area contributed by atoms with Crippen LogP contribution in [-0.4, -0.2) is 0 Å². The maximum atomic E-state index is 3.61. The molecule has 0 atom stereocenters. The first-order valence-corrected chi connectivity index (χ1v) is 4.01. The van der Waals surface area contributed by atoms with Crippen LogP contribution in [0.5, 0.6) is 0 Å². The van der Waals surface area contributed by atoms with Gasteiger partial charge < -0.3 is 0 Å². The first kappa shape index (κ1) is 14.5. The van der Waals surface area contributed by atoms with Crippen LogP contribution in [0.25, 0.3) is 0 Å². The van der Waals surface area contributed by atoms with Crippen LogP contribution in [0.1, 0.15) is 32.6 Å². The third kappa shape index (κ3) is 13.9. The molecule has 58 valence electrons. The van der Waals surface area contributed by atoms with Gasteiger partial charge in [0.25, 0.3) is 0 Å². The van der Waals surface area contributed by atoms with Crippen LogP contribution >= 0.6 is 0 Å². The summed E-state index contributed by atoms with van der Waals surface area (Å²) in [5.74, 6) is 0. The summed E-state index contributed by atoms with van der Waals surface area (Å²) in [4.78, 5) is 0. The second-order valence-corrected chi connectivity index (χ2v) is 2.32. The van der Waals surface area contributed by atoms with Crippen LogP contribution < -0.4 is 51.4 Å². The number of hydrogen-bond donors (Lipinski definition) is 0. The standard InChI is InChI=1S/C10H17.K/c1-3-5-7-9-10-8-6-4-2;/h3,5,9-10H,1,4,6-8H2,2H3;/q-1;+1. The largest absolute Gasteiger partial charge is 1.00 e. The molecule has 0 saturated carbocycles. The molecule has 0 unspecified atom stereocenters. The van der Waals surface area contributed by atoms with E-state index in [1.54, 1.807) is 0 Å². The van der Waals surface area contributed by atoms with Gasteiger partial charge in [-0.2, -0.15) is 0 Å². The summed E-state index contributed by atoms with van der Waals surface area (Å²) in [6.45, 7) is 5.82. The normalized spacial score (nSPS) is 10.6. The first-order chi connectivity index (χ1) is 4.91. The van der Waals surface area contributed by atoms with E-state index in [-0.39, 0.29) is 51.4 Å². The van der Waals surface area contributed by atoms with Crippen LogP contribution in [0, 0.1) is 6.92 Å². The molecule has 0 rings (SSSR count). The zero-order valence-electron chi connectivity index (χ0n) is 7.84. The number of unbranched alkanes of at least 4 members (excludes halogenated alkanes) is 2. The van der Waals surface area contributed by atoms with Gasteiger partial charge in [0, 0.05) is 0 Å². The van der Waals surface area contributed by atoms with Gasteiger partial charge in [0.15, 0.2) is 0 Å². The predicted octanol–water partition coefficient (Wildman–Crippen LogP) is 0.517. The Morgan fingerprint density at radius 2 is 1.91 bits per heavy atom. The maximum absolute atomic E-state index is 3.61. The topological polar surface area (TPSA) is 0 Å². The zero-order chi connectivity index (χ0) is 7.66. The minimum absolute atomic E-state index is 0. The Balaban J connectivity index is 0. The molecule has 0 fully saturated rings. The molecule has 0 amide bonds. The summed E-state index contributed by atoms with van der Waals surface area (Å²) in [7, 11) is 0. The van der Waals surface area contributed by atoms with Gasteiger partial charge in [-0.15, -0.1) is 6.08 Å². The van der Waals surface area contributed by atoms with Crippen molar-refractivity contribution in [3.8, 4) is 0 Å². The van der Waals surface area contributed by atoms with Crippen molar-refractivity contribution in [1.82, 2.24) is 0 Å². The second kappa shape index (κ2) is 13.6. The minimum Gasteiger partial charge on any atom is -0.245 e. The molecule has 0 bridgehead atoms. The third-order valence-electron chi connectivity index (χ3n) is 1.33. The van der Waals surface area contributed by atoms with Crippen LogP contribution in [0.15, 0.2) is 24.3 Å². The fourth-order valence-electron chi connectivity index (χ4n) is 0.711. The maximum Gasteiger partial charge on any atom is 1.00 e. The fraction of sp³-hybridized carbons (Fsp3) is 0.500. The molecule has 11 heavy (non-hydrogen) atoms. The van der Waals surface area contributed by atoms with E-state index in [2.05, 4.69) is 32.1 Å². The van der Waals surface area contributed by atoms with E-state index >= 15 is 0 Å². The Kier molecular flexibility index (Phi) is 17.9. The molecule has 0 aromatic carbocycles. The minimum atomic E-state index is 0. The molecular weight excluding hydrogens is 159 g/mol. The molecule has 0 N–H and O–H groups in total. The van der Waals surface area contributed by atoms with Crippen molar-refractivity contribution in [3.05, 3.63) is 31.2 Å². The smallest absolute Gasteiger partial charge is 0.245 e. The summed E-state index contributed by atoms with van der Waals surface area (Å²) in [6, 6.07) is 0. The van der Waals surface area contributed by atoms with E-state index < -0.39 is 0 Å². The summed E-state index contributed by atoms with van der Waals surface area (Å²) in [5.41, 5.74) is 0. The van der Waals surface area contributed by atoms with Crippen LogP contribution in [0.2, 0.25) is 0 Å². The molecule has 0 nitrogen and oxygen atoms in total. The summed E-state index contributed by atoms with van der Waals surface area (Å²) in [6.07, 6.45) is 13.2. The van der Waals surface area contributed by atoms with E-state index in [0.29, 0.717) is 0 Å². The molecule has 0 aliphatic heterocycles. The Morgan fingerprint density at radius 3 is 2.45 bits per heavy atom. The van der Waals surface area contributed by atoms with E-state index in [1.807, 2.05) is 6.08 Å². The van der Waals surface area contributed by atoms with Crippen molar-refractivity contribution in [2.24, 2.45) is 0 Å². The quantitative estimate of drug-likeness (QED) is 0.248. The summed E-state index contributed by atoms with van der Waals surface area (Å²) in [5, 5.41) is 0. The van der Waals surface area contributed by atoms with E-state index in [0.717, 1.165) is 6.42 Å². The summed E-state index contributed by atoms with van der Waals surface area (Å²) >= 11 is 0. The number of rotatable bonds is 5. The van der Waals surface area contributed by atoms with Gasteiger partial charge in [-0.3, -0.25) is 0 Å². The Bertz CT molecular complexity index is 103. The molecule has 0 heterocycles. The molecular formula is C10H17K. The van der Waals surface area contributed by atoms with Crippen molar-refractivity contribution in [3.63, 3.8) is 0 Å². The molecule has 0 saturated heterocycles. The number of hydrogen-bond acceptors (Lipinski definition) is 0. The molecule has 0 aliphatic carbocycles. The fourth-order valence-corrected chi connectivity index (χ4v) is 0.711. The van der Waals surface area contributed by atoms with Gasteiger partial charge in [0.05, 0.1) is 0 Å². The van der Waals surface area contributed by atoms with E-state index in [9.17, 15) is 0 Å². The van der Waals surface area contributed by atoms with Crippen molar-refractivity contribution < 1.29 is 51.4 Å².